The summed E-state index contributed by atoms with van der Waals surface area (Å²) in [5, 5.41) is 0. The summed E-state index contributed by atoms with van der Waals surface area (Å²) >= 11 is 7.19. The van der Waals surface area contributed by atoms with Crippen LogP contribution < -0.4 is 5.69 Å². The van der Waals surface area contributed by atoms with E-state index in [1.807, 2.05) is 18.2 Å². The highest BCUT2D eigenvalue weighted by atomic mass is 79.9. The molecule has 21 heavy (non-hydrogen) atoms. The molecule has 0 N–H and O–H groups in total. The van der Waals surface area contributed by atoms with Crippen LogP contribution in [0.2, 0.25) is 0 Å². The maximum Gasteiger partial charge on any atom is 0.328 e. The third-order valence-electron chi connectivity index (χ3n) is 3.75. The van der Waals surface area contributed by atoms with Gasteiger partial charge in [0, 0.05) is 18.6 Å². The summed E-state index contributed by atoms with van der Waals surface area (Å²) in [5.74, 6) is 0. The topological polar surface area (TPSA) is 26.9 Å². The lowest BCUT2D eigenvalue weighted by Crippen LogP contribution is -2.19. The molecule has 108 valence electrons. The lowest BCUT2D eigenvalue weighted by atomic mass is 10.0. The Kier molecular flexibility index (Phi) is 3.80. The van der Waals surface area contributed by atoms with Gasteiger partial charge in [0.05, 0.1) is 15.9 Å². The number of aromatic nitrogens is 2. The quantitative estimate of drug-likeness (QED) is 0.584. The fourth-order valence-electron chi connectivity index (χ4n) is 2.51. The fraction of sp³-hybridized carbons (Fsp3) is 0.188. The van der Waals surface area contributed by atoms with Gasteiger partial charge in [0.25, 0.3) is 0 Å². The van der Waals surface area contributed by atoms with Crippen molar-refractivity contribution >= 4 is 42.9 Å². The van der Waals surface area contributed by atoms with Crippen LogP contribution in [0.5, 0.6) is 0 Å². The van der Waals surface area contributed by atoms with Gasteiger partial charge < -0.3 is 0 Å². The Morgan fingerprint density at radius 2 is 1.48 bits per heavy atom. The normalized spacial score (nSPS) is 12.8. The van der Waals surface area contributed by atoms with Crippen LogP contribution in [0.4, 0.5) is 0 Å². The van der Waals surface area contributed by atoms with Gasteiger partial charge in [0.2, 0.25) is 0 Å². The first kappa shape index (κ1) is 14.6. The largest absolute Gasteiger partial charge is 0.328 e. The first-order valence-electron chi connectivity index (χ1n) is 6.54. The number of benzene rings is 2. The molecule has 1 atom stereocenters. The highest BCUT2D eigenvalue weighted by Gasteiger charge is 2.14. The van der Waals surface area contributed by atoms with E-state index < -0.39 is 0 Å². The molecule has 3 nitrogen and oxygen atoms in total. The molecular formula is C16H14Br2N2O. The third kappa shape index (κ3) is 2.49. The van der Waals surface area contributed by atoms with E-state index in [0.717, 1.165) is 21.1 Å². The summed E-state index contributed by atoms with van der Waals surface area (Å²) in [4.78, 5) is 12.1. The Morgan fingerprint density at radius 1 is 0.905 bits per heavy atom. The van der Waals surface area contributed by atoms with E-state index in [1.54, 1.807) is 23.2 Å². The van der Waals surface area contributed by atoms with Gasteiger partial charge in [-0.05, 0) is 35.4 Å². The molecule has 0 amide bonds. The van der Waals surface area contributed by atoms with Crippen molar-refractivity contribution in [3.8, 4) is 0 Å². The molecule has 0 aliphatic heterocycles. The first-order valence-corrected chi connectivity index (χ1v) is 8.25. The maximum atomic E-state index is 12.0. The Labute approximate surface area is 139 Å². The minimum absolute atomic E-state index is 0.00286. The first-order chi connectivity index (χ1) is 9.99. The summed E-state index contributed by atoms with van der Waals surface area (Å²) in [6.07, 6.45) is 0. The molecule has 0 spiro atoms. The Hall–Kier alpha value is -1.33. The van der Waals surface area contributed by atoms with E-state index in [2.05, 4.69) is 56.1 Å². The molecular weight excluding hydrogens is 396 g/mol. The van der Waals surface area contributed by atoms with E-state index in [-0.39, 0.29) is 10.5 Å². The number of rotatable bonds is 2. The maximum absolute atomic E-state index is 12.0. The molecule has 0 radical (unpaired) electrons. The second-order valence-electron chi connectivity index (χ2n) is 5.06. The molecule has 1 heterocycles. The van der Waals surface area contributed by atoms with Gasteiger partial charge in [-0.1, -0.05) is 50.1 Å². The molecule has 3 aromatic rings. The van der Waals surface area contributed by atoms with Crippen molar-refractivity contribution in [1.29, 1.82) is 0 Å². The minimum atomic E-state index is -0.00286. The van der Waals surface area contributed by atoms with Crippen LogP contribution in [0.15, 0.2) is 51.7 Å². The van der Waals surface area contributed by atoms with Gasteiger partial charge in [-0.2, -0.15) is 0 Å². The summed E-state index contributed by atoms with van der Waals surface area (Å²) in [6.45, 7) is 0. The van der Waals surface area contributed by atoms with Crippen LogP contribution in [-0.2, 0) is 14.1 Å². The number of imidazole rings is 1. The molecule has 0 saturated heterocycles. The minimum Gasteiger partial charge on any atom is -0.295 e. The van der Waals surface area contributed by atoms with Crippen LogP contribution >= 0.6 is 31.9 Å². The van der Waals surface area contributed by atoms with Crippen LogP contribution in [0.25, 0.3) is 11.0 Å². The van der Waals surface area contributed by atoms with Gasteiger partial charge in [-0.3, -0.25) is 9.13 Å². The highest BCUT2D eigenvalue weighted by molar-refractivity contribution is 9.10. The van der Waals surface area contributed by atoms with Crippen LogP contribution in [0.1, 0.15) is 16.0 Å². The molecule has 0 saturated carbocycles. The van der Waals surface area contributed by atoms with E-state index in [9.17, 15) is 4.79 Å². The van der Waals surface area contributed by atoms with E-state index in [0.29, 0.717) is 0 Å². The number of hydrogen-bond donors (Lipinski definition) is 0. The average molecular weight is 410 g/mol. The second-order valence-corrected chi connectivity index (χ2v) is 6.89. The summed E-state index contributed by atoms with van der Waals surface area (Å²) < 4.78 is 4.41. The smallest absolute Gasteiger partial charge is 0.295 e. The Bertz CT molecular complexity index is 862. The molecule has 5 heteroatoms. The zero-order valence-electron chi connectivity index (χ0n) is 11.7. The van der Waals surface area contributed by atoms with E-state index in [4.69, 9.17) is 0 Å². The van der Waals surface area contributed by atoms with Crippen molar-refractivity contribution < 1.29 is 0 Å². The van der Waals surface area contributed by atoms with Crippen molar-refractivity contribution in [2.24, 2.45) is 14.1 Å². The monoisotopic (exact) mass is 408 g/mol. The fourth-order valence-corrected chi connectivity index (χ4v) is 3.36. The lowest BCUT2D eigenvalue weighted by Gasteiger charge is -2.11. The predicted octanol–water partition coefficient (Wildman–Crippen LogP) is 4.12. The summed E-state index contributed by atoms with van der Waals surface area (Å²) in [5.41, 5.74) is 4.20. The standard InChI is InChI=1S/C16H14Br2N2O/c1-19-13-8-5-11(9-14(13)20(2)16(19)21)15(18)10-3-6-12(17)7-4-10/h3-9,15H,1-2H3. The number of nitrogens with zero attached hydrogens (tertiary/aromatic N) is 2. The molecule has 2 aromatic carbocycles. The van der Waals surface area contributed by atoms with Crippen molar-refractivity contribution in [3.05, 3.63) is 68.5 Å². The summed E-state index contributed by atoms with van der Waals surface area (Å²) in [7, 11) is 3.60. The van der Waals surface area contributed by atoms with E-state index in [1.165, 1.54) is 5.56 Å². The second kappa shape index (κ2) is 5.46. The predicted molar refractivity (Wildman–Crippen MR) is 93.1 cm³/mol. The Morgan fingerprint density at radius 3 is 2.14 bits per heavy atom. The van der Waals surface area contributed by atoms with Gasteiger partial charge in [-0.25, -0.2) is 4.79 Å². The van der Waals surface area contributed by atoms with Gasteiger partial charge >= 0.3 is 5.69 Å². The van der Waals surface area contributed by atoms with Crippen LogP contribution in [0.3, 0.4) is 0 Å². The molecule has 3 rings (SSSR count). The van der Waals surface area contributed by atoms with Crippen molar-refractivity contribution in [2.75, 3.05) is 0 Å². The van der Waals surface area contributed by atoms with Crippen molar-refractivity contribution in [3.63, 3.8) is 0 Å². The molecule has 0 aliphatic rings. The SMILES string of the molecule is Cn1c(=O)n(C)c2cc(C(Br)c3ccc(Br)cc3)ccc21. The number of halogens is 2. The molecule has 0 bridgehead atoms. The number of hydrogen-bond acceptors (Lipinski definition) is 1. The number of fused-ring (bicyclic) bond motifs is 1. The van der Waals surface area contributed by atoms with Crippen LogP contribution in [0, 0.1) is 0 Å². The number of aryl methyl sites for hydroxylation is 2. The highest BCUT2D eigenvalue weighted by Crippen LogP contribution is 2.32. The molecule has 1 aromatic heterocycles. The zero-order valence-corrected chi connectivity index (χ0v) is 14.8. The lowest BCUT2D eigenvalue weighted by molar-refractivity contribution is 0.795. The molecule has 0 fully saturated rings. The van der Waals surface area contributed by atoms with Crippen LogP contribution in [-0.4, -0.2) is 9.13 Å². The van der Waals surface area contributed by atoms with Gasteiger partial charge in [-0.15, -0.1) is 0 Å². The zero-order chi connectivity index (χ0) is 15.1. The third-order valence-corrected chi connectivity index (χ3v) is 5.34. The average Bonchev–Trinajstić information content (AvgIpc) is 2.72. The number of alkyl halides is 1. The summed E-state index contributed by atoms with van der Waals surface area (Å²) in [6, 6.07) is 14.3. The molecule has 1 unspecified atom stereocenters. The van der Waals surface area contributed by atoms with Crippen molar-refractivity contribution in [1.82, 2.24) is 9.13 Å². The molecule has 0 aliphatic carbocycles. The van der Waals surface area contributed by atoms with Gasteiger partial charge in [0.1, 0.15) is 0 Å². The van der Waals surface area contributed by atoms with E-state index >= 15 is 0 Å². The van der Waals surface area contributed by atoms with Crippen molar-refractivity contribution in [2.45, 2.75) is 4.83 Å². The Balaban J connectivity index is 2.10. The van der Waals surface area contributed by atoms with Gasteiger partial charge in [0.15, 0.2) is 0 Å².